The van der Waals surface area contributed by atoms with Crippen LogP contribution < -0.4 is 5.32 Å². The van der Waals surface area contributed by atoms with Gasteiger partial charge < -0.3 is 14.6 Å². The van der Waals surface area contributed by atoms with E-state index in [1.807, 2.05) is 31.2 Å². The number of aromatic nitrogens is 2. The number of imide groups is 1. The summed E-state index contributed by atoms with van der Waals surface area (Å²) in [6, 6.07) is 7.39. The number of hydrogen-bond acceptors (Lipinski definition) is 6. The molecule has 0 radical (unpaired) electrons. The summed E-state index contributed by atoms with van der Waals surface area (Å²) in [6.45, 7) is 2.63. The fourth-order valence-electron chi connectivity index (χ4n) is 4.08. The van der Waals surface area contributed by atoms with Gasteiger partial charge in [-0.1, -0.05) is 28.9 Å². The van der Waals surface area contributed by atoms with Crippen LogP contribution in [-0.4, -0.2) is 53.3 Å². The van der Waals surface area contributed by atoms with Crippen molar-refractivity contribution in [2.24, 2.45) is 5.92 Å². The monoisotopic (exact) mass is 384 g/mol. The molecule has 4 rings (SSSR count). The van der Waals surface area contributed by atoms with Gasteiger partial charge in [0.1, 0.15) is 0 Å². The number of ether oxygens (including phenoxy) is 1. The zero-order valence-electron chi connectivity index (χ0n) is 16.1. The van der Waals surface area contributed by atoms with Crippen LogP contribution in [0.4, 0.5) is 4.79 Å². The maximum Gasteiger partial charge on any atom is 0.324 e. The summed E-state index contributed by atoms with van der Waals surface area (Å²) in [5.41, 5.74) is 2.05. The number of benzene rings is 1. The van der Waals surface area contributed by atoms with Crippen molar-refractivity contribution in [3.05, 3.63) is 35.7 Å². The number of carbonyl (C=O) groups excluding carboxylic acids is 2. The van der Waals surface area contributed by atoms with Crippen LogP contribution in [-0.2, 0) is 9.53 Å². The molecule has 8 heteroatoms. The van der Waals surface area contributed by atoms with Gasteiger partial charge in [0, 0.05) is 24.6 Å². The number of amides is 3. The highest BCUT2D eigenvalue weighted by Crippen LogP contribution is 2.38. The molecule has 1 aromatic heterocycles. The number of urea groups is 1. The Kier molecular flexibility index (Phi) is 5.13. The first kappa shape index (κ1) is 18.6. The predicted octanol–water partition coefficient (Wildman–Crippen LogP) is 2.50. The molecule has 28 heavy (non-hydrogen) atoms. The van der Waals surface area contributed by atoms with Crippen LogP contribution in [0.5, 0.6) is 0 Å². The summed E-state index contributed by atoms with van der Waals surface area (Å²) in [7, 11) is 1.55. The molecule has 0 spiro atoms. The lowest BCUT2D eigenvalue weighted by Crippen LogP contribution is -2.61. The van der Waals surface area contributed by atoms with Crippen LogP contribution in [0.2, 0.25) is 0 Å². The standard InChI is InChI=1S/C20H24N4O4/c1-12-4-3-5-13(10-12)17-22-18(28-23-17)14-6-7-15-16(11-14)21-20(26)24(19(15)25)8-9-27-2/h3-5,10,14-16H,6-9,11H2,1-2H3,(H,21,26). The Hall–Kier alpha value is -2.74. The third-order valence-electron chi connectivity index (χ3n) is 5.57. The summed E-state index contributed by atoms with van der Waals surface area (Å²) in [5, 5.41) is 7.09. The van der Waals surface area contributed by atoms with Gasteiger partial charge in [-0.05, 0) is 32.3 Å². The van der Waals surface area contributed by atoms with Crippen molar-refractivity contribution >= 4 is 11.9 Å². The summed E-state index contributed by atoms with van der Waals surface area (Å²) in [6.07, 6.45) is 2.08. The van der Waals surface area contributed by atoms with Gasteiger partial charge >= 0.3 is 6.03 Å². The quantitative estimate of drug-likeness (QED) is 0.851. The summed E-state index contributed by atoms with van der Waals surface area (Å²) in [4.78, 5) is 30.8. The van der Waals surface area contributed by atoms with E-state index in [0.29, 0.717) is 31.2 Å². The first-order valence-electron chi connectivity index (χ1n) is 9.58. The van der Waals surface area contributed by atoms with Crippen LogP contribution in [0.1, 0.15) is 36.6 Å². The molecule has 3 unspecified atom stereocenters. The highest BCUT2D eigenvalue weighted by molar-refractivity contribution is 5.98. The maximum atomic E-state index is 12.7. The van der Waals surface area contributed by atoms with E-state index in [2.05, 4.69) is 15.5 Å². The SMILES string of the molecule is COCCN1C(=O)NC2CC(c3nc(-c4cccc(C)c4)no3)CCC2C1=O. The van der Waals surface area contributed by atoms with Crippen LogP contribution in [0.3, 0.4) is 0 Å². The van der Waals surface area contributed by atoms with E-state index in [9.17, 15) is 9.59 Å². The van der Waals surface area contributed by atoms with Crippen molar-refractivity contribution in [3.63, 3.8) is 0 Å². The Morgan fingerprint density at radius 1 is 1.32 bits per heavy atom. The minimum Gasteiger partial charge on any atom is -0.383 e. The second-order valence-corrected chi connectivity index (χ2v) is 7.48. The molecular formula is C20H24N4O4. The molecule has 1 aromatic carbocycles. The number of aryl methyl sites for hydroxylation is 1. The van der Waals surface area contributed by atoms with E-state index >= 15 is 0 Å². The Bertz CT molecular complexity index is 881. The van der Waals surface area contributed by atoms with Gasteiger partial charge in [0.15, 0.2) is 0 Å². The smallest absolute Gasteiger partial charge is 0.324 e. The first-order chi connectivity index (χ1) is 13.6. The minimum atomic E-state index is -0.352. The van der Waals surface area contributed by atoms with Crippen LogP contribution in [0.15, 0.2) is 28.8 Å². The summed E-state index contributed by atoms with van der Waals surface area (Å²) < 4.78 is 10.5. The maximum absolute atomic E-state index is 12.7. The van der Waals surface area contributed by atoms with Gasteiger partial charge in [-0.15, -0.1) is 0 Å². The second kappa shape index (κ2) is 7.71. The number of fused-ring (bicyclic) bond motifs is 1. The molecule has 8 nitrogen and oxygen atoms in total. The van der Waals surface area contributed by atoms with Crippen molar-refractivity contribution < 1.29 is 18.8 Å². The number of methoxy groups -OCH3 is 1. The van der Waals surface area contributed by atoms with Crippen molar-refractivity contribution in [3.8, 4) is 11.4 Å². The average molecular weight is 384 g/mol. The Labute approximate surface area is 163 Å². The summed E-state index contributed by atoms with van der Waals surface area (Å²) >= 11 is 0. The van der Waals surface area contributed by atoms with E-state index < -0.39 is 0 Å². The molecule has 3 atom stereocenters. The fourth-order valence-corrected chi connectivity index (χ4v) is 4.08. The highest BCUT2D eigenvalue weighted by atomic mass is 16.5. The molecule has 2 aliphatic rings. The molecule has 1 N–H and O–H groups in total. The number of nitrogens with one attached hydrogen (secondary N) is 1. The molecule has 1 aliphatic heterocycles. The fraction of sp³-hybridized carbons (Fsp3) is 0.500. The zero-order chi connectivity index (χ0) is 19.7. The predicted molar refractivity (Wildman–Crippen MR) is 100 cm³/mol. The number of hydrogen-bond donors (Lipinski definition) is 1. The van der Waals surface area contributed by atoms with Gasteiger partial charge in [-0.25, -0.2) is 4.79 Å². The van der Waals surface area contributed by atoms with E-state index in [1.54, 1.807) is 7.11 Å². The lowest BCUT2D eigenvalue weighted by Gasteiger charge is -2.41. The molecule has 2 aromatic rings. The Balaban J connectivity index is 1.46. The zero-order valence-corrected chi connectivity index (χ0v) is 16.1. The minimum absolute atomic E-state index is 0.0333. The van der Waals surface area contributed by atoms with E-state index in [-0.39, 0.29) is 36.4 Å². The number of rotatable bonds is 5. The van der Waals surface area contributed by atoms with Crippen LogP contribution >= 0.6 is 0 Å². The largest absolute Gasteiger partial charge is 0.383 e. The topological polar surface area (TPSA) is 97.6 Å². The molecular weight excluding hydrogens is 360 g/mol. The molecule has 0 bridgehead atoms. The van der Waals surface area contributed by atoms with Gasteiger partial charge in [0.25, 0.3) is 0 Å². The van der Waals surface area contributed by atoms with Crippen molar-refractivity contribution in [2.45, 2.75) is 38.1 Å². The van der Waals surface area contributed by atoms with E-state index in [1.165, 1.54) is 4.90 Å². The highest BCUT2D eigenvalue weighted by Gasteiger charge is 2.45. The first-order valence-corrected chi connectivity index (χ1v) is 9.58. The van der Waals surface area contributed by atoms with Crippen LogP contribution in [0.25, 0.3) is 11.4 Å². The molecule has 1 aliphatic carbocycles. The molecule has 2 fully saturated rings. The van der Waals surface area contributed by atoms with Gasteiger partial charge in [0.2, 0.25) is 17.6 Å². The Morgan fingerprint density at radius 2 is 2.18 bits per heavy atom. The lowest BCUT2D eigenvalue weighted by molar-refractivity contribution is -0.137. The second-order valence-electron chi connectivity index (χ2n) is 7.48. The lowest BCUT2D eigenvalue weighted by atomic mass is 9.76. The number of nitrogens with zero attached hydrogens (tertiary/aromatic N) is 3. The van der Waals surface area contributed by atoms with Crippen molar-refractivity contribution in [1.82, 2.24) is 20.4 Å². The molecule has 2 heterocycles. The van der Waals surface area contributed by atoms with E-state index in [4.69, 9.17) is 9.26 Å². The molecule has 1 saturated carbocycles. The van der Waals surface area contributed by atoms with Crippen molar-refractivity contribution in [2.75, 3.05) is 20.3 Å². The Morgan fingerprint density at radius 3 is 2.96 bits per heavy atom. The molecule has 148 valence electrons. The summed E-state index contributed by atoms with van der Waals surface area (Å²) in [5.74, 6) is 0.847. The van der Waals surface area contributed by atoms with Crippen LogP contribution in [0, 0.1) is 12.8 Å². The van der Waals surface area contributed by atoms with Crippen molar-refractivity contribution in [1.29, 1.82) is 0 Å². The third kappa shape index (κ3) is 3.52. The number of carbonyl (C=O) groups is 2. The molecule has 1 saturated heterocycles. The third-order valence-corrected chi connectivity index (χ3v) is 5.57. The van der Waals surface area contributed by atoms with Gasteiger partial charge in [-0.2, -0.15) is 4.98 Å². The van der Waals surface area contributed by atoms with Gasteiger partial charge in [0.05, 0.1) is 19.1 Å². The normalized spacial score (nSPS) is 24.8. The van der Waals surface area contributed by atoms with Gasteiger partial charge in [-0.3, -0.25) is 9.69 Å². The molecule has 3 amide bonds. The van der Waals surface area contributed by atoms with E-state index in [0.717, 1.165) is 17.5 Å². The average Bonchev–Trinajstić information content (AvgIpc) is 3.18.